The SMILES string of the molecule is COc1ccccc1C(=O)Oc1ccccc1/C=N/NC(=O)C(=O)Nc1cccc(Cl)c1. The molecule has 3 rings (SSSR count). The lowest BCUT2D eigenvalue weighted by Crippen LogP contribution is -2.32. The molecule has 0 heterocycles. The highest BCUT2D eigenvalue weighted by Gasteiger charge is 2.16. The summed E-state index contributed by atoms with van der Waals surface area (Å²) in [5.41, 5.74) is 3.16. The molecule has 0 saturated heterocycles. The lowest BCUT2D eigenvalue weighted by molar-refractivity contribution is -0.136. The number of nitrogens with one attached hydrogen (secondary N) is 2. The first-order chi connectivity index (χ1) is 15.5. The van der Waals surface area contributed by atoms with E-state index < -0.39 is 17.8 Å². The molecule has 2 amide bonds. The van der Waals surface area contributed by atoms with Gasteiger partial charge in [0.15, 0.2) is 0 Å². The van der Waals surface area contributed by atoms with Crippen LogP contribution in [0.3, 0.4) is 0 Å². The predicted molar refractivity (Wildman–Crippen MR) is 120 cm³/mol. The largest absolute Gasteiger partial charge is 0.496 e. The van der Waals surface area contributed by atoms with Gasteiger partial charge in [-0.15, -0.1) is 0 Å². The van der Waals surface area contributed by atoms with Crippen LogP contribution in [-0.4, -0.2) is 31.1 Å². The number of carbonyl (C=O) groups is 3. The molecule has 0 aliphatic heterocycles. The van der Waals surface area contributed by atoms with Crippen molar-refractivity contribution in [3.63, 3.8) is 0 Å². The maximum absolute atomic E-state index is 12.5. The summed E-state index contributed by atoms with van der Waals surface area (Å²) < 4.78 is 10.6. The van der Waals surface area contributed by atoms with Crippen molar-refractivity contribution >= 4 is 41.3 Å². The lowest BCUT2D eigenvalue weighted by Gasteiger charge is -2.10. The minimum atomic E-state index is -0.982. The first-order valence-corrected chi connectivity index (χ1v) is 9.70. The van der Waals surface area contributed by atoms with E-state index in [9.17, 15) is 14.4 Å². The van der Waals surface area contributed by atoms with Gasteiger partial charge in [-0.25, -0.2) is 10.2 Å². The van der Waals surface area contributed by atoms with Gasteiger partial charge in [-0.3, -0.25) is 9.59 Å². The Kier molecular flexibility index (Phi) is 7.55. The summed E-state index contributed by atoms with van der Waals surface area (Å²) in [5, 5.41) is 6.59. The van der Waals surface area contributed by atoms with Crippen molar-refractivity contribution < 1.29 is 23.9 Å². The lowest BCUT2D eigenvalue weighted by atomic mass is 10.2. The average molecular weight is 452 g/mol. The van der Waals surface area contributed by atoms with Crippen molar-refractivity contribution in [2.75, 3.05) is 12.4 Å². The Hall–Kier alpha value is -4.17. The second kappa shape index (κ2) is 10.7. The number of benzene rings is 3. The van der Waals surface area contributed by atoms with Gasteiger partial charge in [0.1, 0.15) is 17.1 Å². The standard InChI is InChI=1S/C23H18ClN3O5/c1-31-20-12-5-3-10-18(20)23(30)32-19-11-4-2-7-15(19)14-25-27-22(29)21(28)26-17-9-6-8-16(24)13-17/h2-14H,1H3,(H,26,28)(H,27,29)/b25-14+. The minimum Gasteiger partial charge on any atom is -0.496 e. The molecule has 0 spiro atoms. The Morgan fingerprint density at radius 2 is 1.62 bits per heavy atom. The third-order valence-electron chi connectivity index (χ3n) is 4.11. The maximum Gasteiger partial charge on any atom is 0.347 e. The van der Waals surface area contributed by atoms with Crippen LogP contribution >= 0.6 is 11.6 Å². The monoisotopic (exact) mass is 451 g/mol. The molecule has 0 aromatic heterocycles. The molecule has 0 aliphatic carbocycles. The molecule has 0 unspecified atom stereocenters. The van der Waals surface area contributed by atoms with Crippen molar-refractivity contribution in [1.29, 1.82) is 0 Å². The third-order valence-corrected chi connectivity index (χ3v) is 4.34. The molecule has 0 saturated carbocycles. The van der Waals surface area contributed by atoms with Crippen LogP contribution in [-0.2, 0) is 9.59 Å². The number of hydrogen-bond acceptors (Lipinski definition) is 6. The van der Waals surface area contributed by atoms with Gasteiger partial charge < -0.3 is 14.8 Å². The van der Waals surface area contributed by atoms with Crippen molar-refractivity contribution in [3.8, 4) is 11.5 Å². The summed E-state index contributed by atoms with van der Waals surface area (Å²) in [6.07, 6.45) is 1.26. The van der Waals surface area contributed by atoms with Gasteiger partial charge in [-0.1, -0.05) is 41.9 Å². The number of esters is 1. The molecule has 0 atom stereocenters. The van der Waals surface area contributed by atoms with Crippen molar-refractivity contribution in [1.82, 2.24) is 5.43 Å². The van der Waals surface area contributed by atoms with Crippen LogP contribution < -0.4 is 20.2 Å². The van der Waals surface area contributed by atoms with Crippen LogP contribution in [0.2, 0.25) is 5.02 Å². The Labute approximate surface area is 188 Å². The molecule has 3 aromatic rings. The smallest absolute Gasteiger partial charge is 0.347 e. The molecule has 0 bridgehead atoms. The first kappa shape index (κ1) is 22.5. The second-order valence-electron chi connectivity index (χ2n) is 6.29. The zero-order valence-corrected chi connectivity index (χ0v) is 17.6. The summed E-state index contributed by atoms with van der Waals surface area (Å²) in [5.74, 6) is -1.93. The minimum absolute atomic E-state index is 0.213. The van der Waals surface area contributed by atoms with Gasteiger partial charge in [-0.05, 0) is 42.5 Å². The number of methoxy groups -OCH3 is 1. The topological polar surface area (TPSA) is 106 Å². The molecule has 162 valence electrons. The molecule has 9 heteroatoms. The molecule has 0 radical (unpaired) electrons. The number of nitrogens with zero attached hydrogens (tertiary/aromatic N) is 1. The maximum atomic E-state index is 12.5. The molecule has 0 aliphatic rings. The number of rotatable bonds is 6. The second-order valence-corrected chi connectivity index (χ2v) is 6.73. The van der Waals surface area contributed by atoms with Gasteiger partial charge >= 0.3 is 17.8 Å². The summed E-state index contributed by atoms with van der Waals surface area (Å²) in [6, 6.07) is 19.6. The number of amides is 2. The number of halogens is 1. The van der Waals surface area contributed by atoms with E-state index in [0.717, 1.165) is 0 Å². The number of para-hydroxylation sites is 2. The van der Waals surface area contributed by atoms with E-state index in [0.29, 0.717) is 22.0 Å². The Bertz CT molecular complexity index is 1180. The number of carbonyl (C=O) groups excluding carboxylic acids is 3. The summed E-state index contributed by atoms with van der Waals surface area (Å²) in [6.45, 7) is 0. The van der Waals surface area contributed by atoms with Crippen molar-refractivity contribution in [2.24, 2.45) is 5.10 Å². The molecule has 8 nitrogen and oxygen atoms in total. The highest BCUT2D eigenvalue weighted by Crippen LogP contribution is 2.22. The van der Waals surface area contributed by atoms with Gasteiger partial charge in [0.25, 0.3) is 0 Å². The fourth-order valence-electron chi connectivity index (χ4n) is 2.61. The Morgan fingerprint density at radius 3 is 2.38 bits per heavy atom. The Morgan fingerprint density at radius 1 is 0.906 bits per heavy atom. The van der Waals surface area contributed by atoms with Crippen LogP contribution in [0.25, 0.3) is 0 Å². The van der Waals surface area contributed by atoms with Gasteiger partial charge in [0.2, 0.25) is 0 Å². The first-order valence-electron chi connectivity index (χ1n) is 9.32. The number of hydrazone groups is 1. The molecular weight excluding hydrogens is 434 g/mol. The predicted octanol–water partition coefficient (Wildman–Crippen LogP) is 3.66. The van der Waals surface area contributed by atoms with Crippen LogP contribution in [0, 0.1) is 0 Å². The molecule has 3 aromatic carbocycles. The van der Waals surface area contributed by atoms with E-state index in [1.165, 1.54) is 19.4 Å². The summed E-state index contributed by atoms with van der Waals surface area (Å²) in [7, 11) is 1.46. The van der Waals surface area contributed by atoms with Crippen molar-refractivity contribution in [2.45, 2.75) is 0 Å². The highest BCUT2D eigenvalue weighted by atomic mass is 35.5. The Balaban J connectivity index is 1.64. The van der Waals surface area contributed by atoms with Crippen LogP contribution in [0.5, 0.6) is 11.5 Å². The zero-order chi connectivity index (χ0) is 22.9. The fraction of sp³-hybridized carbons (Fsp3) is 0.0435. The summed E-state index contributed by atoms with van der Waals surface area (Å²) in [4.78, 5) is 36.5. The van der Waals surface area contributed by atoms with E-state index in [1.807, 2.05) is 0 Å². The van der Waals surface area contributed by atoms with Gasteiger partial charge in [0, 0.05) is 16.3 Å². The number of ether oxygens (including phenoxy) is 2. The summed E-state index contributed by atoms with van der Waals surface area (Å²) >= 11 is 5.85. The van der Waals surface area contributed by atoms with Crippen LogP contribution in [0.1, 0.15) is 15.9 Å². The van der Waals surface area contributed by atoms with Crippen molar-refractivity contribution in [3.05, 3.63) is 88.9 Å². The molecule has 32 heavy (non-hydrogen) atoms. The van der Waals surface area contributed by atoms with E-state index in [2.05, 4.69) is 15.8 Å². The van der Waals surface area contributed by atoms with E-state index in [-0.39, 0.29) is 11.3 Å². The molecule has 2 N–H and O–H groups in total. The quantitative estimate of drug-likeness (QED) is 0.195. The molecular formula is C23H18ClN3O5. The fourth-order valence-corrected chi connectivity index (χ4v) is 2.80. The highest BCUT2D eigenvalue weighted by molar-refractivity contribution is 6.39. The van der Waals surface area contributed by atoms with E-state index in [1.54, 1.807) is 66.7 Å². The average Bonchev–Trinajstić information content (AvgIpc) is 2.80. The molecule has 0 fully saturated rings. The van der Waals surface area contributed by atoms with Crippen LogP contribution in [0.15, 0.2) is 77.9 Å². The number of anilines is 1. The normalized spacial score (nSPS) is 10.4. The van der Waals surface area contributed by atoms with Gasteiger partial charge in [0.05, 0.1) is 13.3 Å². The third kappa shape index (κ3) is 5.93. The van der Waals surface area contributed by atoms with E-state index in [4.69, 9.17) is 21.1 Å². The van der Waals surface area contributed by atoms with Gasteiger partial charge in [-0.2, -0.15) is 5.10 Å². The zero-order valence-electron chi connectivity index (χ0n) is 16.9. The van der Waals surface area contributed by atoms with Crippen LogP contribution in [0.4, 0.5) is 5.69 Å². The number of hydrogen-bond donors (Lipinski definition) is 2. The van der Waals surface area contributed by atoms with E-state index >= 15 is 0 Å².